The Morgan fingerprint density at radius 3 is 2.69 bits per heavy atom. The number of H-pyrrole nitrogens is 1. The smallest absolute Gasteiger partial charge is 0.228 e. The zero-order valence-electron chi connectivity index (χ0n) is 17.0. The standard InChI is InChI=1S/C22H29N5O2/c1-16-23-21(25-24-16)19-11-5-6-13-27(19)22(29)18-10-7-12-26(15-18)20(28)14-17-8-3-2-4-9-17/h2-4,8-9,18-19H,5-7,10-15H2,1H3,(H,23,24,25)/t18-,19-/m0/s1. The van der Waals surface area contributed by atoms with Gasteiger partial charge in [0.1, 0.15) is 5.82 Å². The van der Waals surface area contributed by atoms with Crippen LogP contribution in [0.2, 0.25) is 0 Å². The van der Waals surface area contributed by atoms with Crippen LogP contribution in [0.25, 0.3) is 0 Å². The fourth-order valence-electron chi connectivity index (χ4n) is 4.49. The van der Waals surface area contributed by atoms with Crippen LogP contribution in [0.15, 0.2) is 30.3 Å². The van der Waals surface area contributed by atoms with E-state index in [0.717, 1.165) is 56.6 Å². The second-order valence-electron chi connectivity index (χ2n) is 8.16. The number of hydrogen-bond acceptors (Lipinski definition) is 4. The summed E-state index contributed by atoms with van der Waals surface area (Å²) in [7, 11) is 0. The molecule has 7 heteroatoms. The SMILES string of the molecule is Cc1nc([C@@H]2CCCCN2C(=O)[C@H]2CCCN(C(=O)Cc3ccccc3)C2)n[nH]1. The fraction of sp³-hybridized carbons (Fsp3) is 0.545. The number of benzene rings is 1. The van der Waals surface area contributed by atoms with Gasteiger partial charge in [-0.3, -0.25) is 14.7 Å². The number of carbonyl (C=O) groups excluding carboxylic acids is 2. The third-order valence-electron chi connectivity index (χ3n) is 6.02. The zero-order valence-corrected chi connectivity index (χ0v) is 17.0. The van der Waals surface area contributed by atoms with Crippen molar-refractivity contribution in [1.82, 2.24) is 25.0 Å². The predicted molar refractivity (Wildman–Crippen MR) is 109 cm³/mol. The topological polar surface area (TPSA) is 82.2 Å². The minimum Gasteiger partial charge on any atom is -0.342 e. The van der Waals surface area contributed by atoms with Gasteiger partial charge in [-0.2, -0.15) is 5.10 Å². The molecule has 7 nitrogen and oxygen atoms in total. The molecule has 2 fully saturated rings. The monoisotopic (exact) mass is 395 g/mol. The number of piperidine rings is 2. The lowest BCUT2D eigenvalue weighted by Crippen LogP contribution is -2.49. The Hall–Kier alpha value is -2.70. The van der Waals surface area contributed by atoms with Gasteiger partial charge in [0.2, 0.25) is 11.8 Å². The van der Waals surface area contributed by atoms with Crippen LogP contribution >= 0.6 is 0 Å². The molecule has 2 aliphatic rings. The van der Waals surface area contributed by atoms with E-state index in [1.165, 1.54) is 0 Å². The summed E-state index contributed by atoms with van der Waals surface area (Å²) in [5.74, 6) is 1.60. The highest BCUT2D eigenvalue weighted by atomic mass is 16.2. The van der Waals surface area contributed by atoms with Crippen LogP contribution in [0, 0.1) is 12.8 Å². The van der Waals surface area contributed by atoms with E-state index in [1.807, 2.05) is 47.1 Å². The molecule has 0 aliphatic carbocycles. The molecule has 1 aromatic heterocycles. The van der Waals surface area contributed by atoms with Gasteiger partial charge in [0, 0.05) is 19.6 Å². The van der Waals surface area contributed by atoms with E-state index in [4.69, 9.17) is 0 Å². The second kappa shape index (κ2) is 8.76. The van der Waals surface area contributed by atoms with Crippen molar-refractivity contribution in [3.8, 4) is 0 Å². The van der Waals surface area contributed by atoms with Gasteiger partial charge < -0.3 is 9.80 Å². The maximum atomic E-state index is 13.4. The summed E-state index contributed by atoms with van der Waals surface area (Å²) < 4.78 is 0. The molecular formula is C22H29N5O2. The predicted octanol–water partition coefficient (Wildman–Crippen LogP) is 2.65. The van der Waals surface area contributed by atoms with Crippen molar-refractivity contribution in [3.05, 3.63) is 47.5 Å². The molecule has 4 rings (SSSR count). The van der Waals surface area contributed by atoms with Gasteiger partial charge in [0.25, 0.3) is 0 Å². The first-order chi connectivity index (χ1) is 14.1. The van der Waals surface area contributed by atoms with Crippen LogP contribution in [0.5, 0.6) is 0 Å². The van der Waals surface area contributed by atoms with Crippen LogP contribution in [0.4, 0.5) is 0 Å². The number of amides is 2. The summed E-state index contributed by atoms with van der Waals surface area (Å²) in [5, 5.41) is 7.21. The number of hydrogen-bond donors (Lipinski definition) is 1. The average Bonchev–Trinajstić information content (AvgIpc) is 3.20. The lowest BCUT2D eigenvalue weighted by atomic mass is 9.93. The van der Waals surface area contributed by atoms with Crippen molar-refractivity contribution < 1.29 is 9.59 Å². The Labute approximate surface area is 171 Å². The van der Waals surface area contributed by atoms with Crippen molar-refractivity contribution in [3.63, 3.8) is 0 Å². The number of carbonyl (C=O) groups is 2. The van der Waals surface area contributed by atoms with Crippen LogP contribution in [0.1, 0.15) is 55.4 Å². The average molecular weight is 396 g/mol. The first-order valence-electron chi connectivity index (χ1n) is 10.6. The Morgan fingerprint density at radius 2 is 1.93 bits per heavy atom. The summed E-state index contributed by atoms with van der Waals surface area (Å²) in [6.45, 7) is 3.87. The minimum atomic E-state index is -0.135. The van der Waals surface area contributed by atoms with E-state index in [-0.39, 0.29) is 23.8 Å². The van der Waals surface area contributed by atoms with E-state index in [2.05, 4.69) is 15.2 Å². The fourth-order valence-corrected chi connectivity index (χ4v) is 4.49. The van der Waals surface area contributed by atoms with Crippen LogP contribution in [0.3, 0.4) is 0 Å². The number of aromatic amines is 1. The van der Waals surface area contributed by atoms with Crippen molar-refractivity contribution in [2.45, 2.75) is 51.5 Å². The highest BCUT2D eigenvalue weighted by Gasteiger charge is 2.36. The third kappa shape index (κ3) is 4.49. The number of aromatic nitrogens is 3. The van der Waals surface area contributed by atoms with Gasteiger partial charge in [-0.25, -0.2) is 4.98 Å². The molecular weight excluding hydrogens is 366 g/mol. The highest BCUT2D eigenvalue weighted by molar-refractivity contribution is 5.82. The van der Waals surface area contributed by atoms with Gasteiger partial charge >= 0.3 is 0 Å². The Balaban J connectivity index is 1.42. The summed E-state index contributed by atoms with van der Waals surface area (Å²) in [6, 6.07) is 9.74. The molecule has 2 atom stereocenters. The lowest BCUT2D eigenvalue weighted by Gasteiger charge is -2.39. The molecule has 1 N–H and O–H groups in total. The molecule has 29 heavy (non-hydrogen) atoms. The molecule has 1 aromatic carbocycles. The van der Waals surface area contributed by atoms with E-state index in [0.29, 0.717) is 18.8 Å². The van der Waals surface area contributed by atoms with E-state index < -0.39 is 0 Å². The first-order valence-corrected chi connectivity index (χ1v) is 10.6. The Bertz CT molecular complexity index is 850. The summed E-state index contributed by atoms with van der Waals surface area (Å²) in [6.07, 6.45) is 5.08. The first kappa shape index (κ1) is 19.6. The number of nitrogens with zero attached hydrogens (tertiary/aromatic N) is 4. The van der Waals surface area contributed by atoms with Crippen LogP contribution < -0.4 is 0 Å². The van der Waals surface area contributed by atoms with Gasteiger partial charge in [0.15, 0.2) is 5.82 Å². The van der Waals surface area contributed by atoms with Gasteiger partial charge in [-0.15, -0.1) is 0 Å². The normalized spacial score (nSPS) is 22.5. The number of aryl methyl sites for hydroxylation is 1. The molecule has 0 radical (unpaired) electrons. The molecule has 3 heterocycles. The van der Waals surface area contributed by atoms with E-state index in [1.54, 1.807) is 0 Å². The maximum Gasteiger partial charge on any atom is 0.228 e. The van der Waals surface area contributed by atoms with Gasteiger partial charge in [-0.05, 0) is 44.6 Å². The van der Waals surface area contributed by atoms with E-state index >= 15 is 0 Å². The quantitative estimate of drug-likeness (QED) is 0.863. The molecule has 2 aromatic rings. The molecule has 0 bridgehead atoms. The zero-order chi connectivity index (χ0) is 20.2. The van der Waals surface area contributed by atoms with Crippen molar-refractivity contribution in [1.29, 1.82) is 0 Å². The van der Waals surface area contributed by atoms with Crippen molar-refractivity contribution >= 4 is 11.8 Å². The molecule has 2 amide bonds. The third-order valence-corrected chi connectivity index (χ3v) is 6.02. The summed E-state index contributed by atoms with van der Waals surface area (Å²) in [5.41, 5.74) is 1.02. The largest absolute Gasteiger partial charge is 0.342 e. The number of nitrogens with one attached hydrogen (secondary N) is 1. The molecule has 154 valence electrons. The van der Waals surface area contributed by atoms with Crippen molar-refractivity contribution in [2.75, 3.05) is 19.6 Å². The summed E-state index contributed by atoms with van der Waals surface area (Å²) >= 11 is 0. The van der Waals surface area contributed by atoms with Crippen LogP contribution in [-0.2, 0) is 16.0 Å². The Morgan fingerprint density at radius 1 is 1.10 bits per heavy atom. The second-order valence-corrected chi connectivity index (χ2v) is 8.16. The maximum absolute atomic E-state index is 13.4. The molecule has 2 aliphatic heterocycles. The van der Waals surface area contributed by atoms with Gasteiger partial charge in [-0.1, -0.05) is 30.3 Å². The number of rotatable bonds is 4. The minimum absolute atomic E-state index is 0.0587. The molecule has 0 spiro atoms. The lowest BCUT2D eigenvalue weighted by molar-refractivity contribution is -0.143. The number of likely N-dealkylation sites (tertiary alicyclic amines) is 2. The molecule has 0 unspecified atom stereocenters. The van der Waals surface area contributed by atoms with Crippen LogP contribution in [-0.4, -0.2) is 56.4 Å². The highest BCUT2D eigenvalue weighted by Crippen LogP contribution is 2.32. The van der Waals surface area contributed by atoms with Crippen molar-refractivity contribution in [2.24, 2.45) is 5.92 Å². The molecule has 0 saturated carbocycles. The summed E-state index contributed by atoms with van der Waals surface area (Å²) in [4.78, 5) is 34.5. The van der Waals surface area contributed by atoms with E-state index in [9.17, 15) is 9.59 Å². The van der Waals surface area contributed by atoms with Gasteiger partial charge in [0.05, 0.1) is 18.4 Å². The molecule has 2 saturated heterocycles. The Kier molecular flexibility index (Phi) is 5.92.